The fraction of sp³-hybridized carbons (Fsp3) is 0.625. The van der Waals surface area contributed by atoms with E-state index in [2.05, 4.69) is 11.4 Å². The molecular weight excluding hydrogens is 302 g/mol. The lowest BCUT2D eigenvalue weighted by Gasteiger charge is -2.27. The van der Waals surface area contributed by atoms with Crippen LogP contribution in [0.3, 0.4) is 0 Å². The van der Waals surface area contributed by atoms with E-state index in [-0.39, 0.29) is 17.6 Å². The molecule has 0 unspecified atom stereocenters. The van der Waals surface area contributed by atoms with Crippen LogP contribution in [0.1, 0.15) is 18.4 Å². The van der Waals surface area contributed by atoms with Gasteiger partial charge >= 0.3 is 0 Å². The zero-order valence-corrected chi connectivity index (χ0v) is 13.7. The molecule has 122 valence electrons. The van der Waals surface area contributed by atoms with Crippen LogP contribution in [0, 0.1) is 5.92 Å². The smallest absolute Gasteiger partial charge is 0.161 e. The van der Waals surface area contributed by atoms with Crippen molar-refractivity contribution in [1.29, 1.82) is 0 Å². The highest BCUT2D eigenvalue weighted by molar-refractivity contribution is 7.92. The van der Waals surface area contributed by atoms with Gasteiger partial charge in [-0.15, -0.1) is 0 Å². The molecule has 0 spiro atoms. The van der Waals surface area contributed by atoms with Crippen LogP contribution in [-0.4, -0.2) is 46.2 Å². The summed E-state index contributed by atoms with van der Waals surface area (Å²) in [5.74, 6) is 2.25. The Bertz CT molecular complexity index is 611. The van der Waals surface area contributed by atoms with Crippen molar-refractivity contribution in [3.8, 4) is 11.5 Å². The van der Waals surface area contributed by atoms with Crippen LogP contribution in [0.25, 0.3) is 0 Å². The van der Waals surface area contributed by atoms with Crippen molar-refractivity contribution in [1.82, 2.24) is 5.32 Å². The maximum Gasteiger partial charge on any atom is 0.161 e. The summed E-state index contributed by atoms with van der Waals surface area (Å²) in [6.07, 6.45) is 3.23. The molecule has 3 rings (SSSR count). The maximum atomic E-state index is 11.2. The number of nitrogens with one attached hydrogen (secondary N) is 1. The molecule has 2 aliphatic rings. The molecule has 1 N–H and O–H groups in total. The van der Waals surface area contributed by atoms with Crippen LogP contribution in [0.15, 0.2) is 18.2 Å². The number of piperidine rings is 1. The fourth-order valence-electron chi connectivity index (χ4n) is 3.12. The van der Waals surface area contributed by atoms with Crippen LogP contribution in [-0.2, 0) is 16.3 Å². The summed E-state index contributed by atoms with van der Waals surface area (Å²) in [5.41, 5.74) is 1.25. The molecule has 1 aromatic carbocycles. The topological polar surface area (TPSA) is 64.6 Å². The molecule has 0 bridgehead atoms. The number of rotatable bonds is 5. The monoisotopic (exact) mass is 325 g/mol. The molecule has 0 aliphatic carbocycles. The van der Waals surface area contributed by atoms with Crippen molar-refractivity contribution >= 4 is 9.84 Å². The van der Waals surface area contributed by atoms with Gasteiger partial charge in [-0.3, -0.25) is 0 Å². The number of methoxy groups -OCH3 is 1. The van der Waals surface area contributed by atoms with Crippen LogP contribution < -0.4 is 14.8 Å². The fourth-order valence-corrected chi connectivity index (χ4v) is 4.29. The quantitative estimate of drug-likeness (QED) is 0.887. The standard InChI is InChI=1S/C16H23NO4S/c1-20-16-9-13(8-12-4-6-17-7-5-12)2-3-15(16)21-14-10-22(18,19)11-14/h2-3,9,12,14,17H,4-8,10-11H2,1H3. The average molecular weight is 325 g/mol. The normalized spacial score (nSPS) is 22.0. The summed E-state index contributed by atoms with van der Waals surface area (Å²) >= 11 is 0. The van der Waals surface area contributed by atoms with Gasteiger partial charge in [-0.25, -0.2) is 8.42 Å². The van der Waals surface area contributed by atoms with Crippen LogP contribution in [0.4, 0.5) is 0 Å². The predicted molar refractivity (Wildman–Crippen MR) is 85.4 cm³/mol. The van der Waals surface area contributed by atoms with E-state index in [4.69, 9.17) is 9.47 Å². The summed E-state index contributed by atoms with van der Waals surface area (Å²) in [6.45, 7) is 2.19. The molecule has 0 amide bonds. The first-order chi connectivity index (χ1) is 10.6. The van der Waals surface area contributed by atoms with Gasteiger partial charge in [0.15, 0.2) is 21.3 Å². The molecule has 22 heavy (non-hydrogen) atoms. The molecule has 0 atom stereocenters. The molecule has 0 saturated carbocycles. The molecule has 6 heteroatoms. The molecule has 2 heterocycles. The SMILES string of the molecule is COc1cc(CC2CCNCC2)ccc1OC1CS(=O)(=O)C1. The summed E-state index contributed by atoms with van der Waals surface area (Å²) in [5, 5.41) is 3.38. The Morgan fingerprint density at radius 3 is 2.55 bits per heavy atom. The van der Waals surface area contributed by atoms with E-state index in [1.165, 1.54) is 18.4 Å². The Kier molecular flexibility index (Phi) is 4.59. The molecule has 0 radical (unpaired) electrons. The summed E-state index contributed by atoms with van der Waals surface area (Å²) in [7, 11) is -1.25. The van der Waals surface area contributed by atoms with Gasteiger partial charge in [0.25, 0.3) is 0 Å². The highest BCUT2D eigenvalue weighted by Crippen LogP contribution is 2.32. The summed E-state index contributed by atoms with van der Waals surface area (Å²) in [6, 6.07) is 5.98. The van der Waals surface area contributed by atoms with Crippen LogP contribution >= 0.6 is 0 Å². The third-order valence-electron chi connectivity index (χ3n) is 4.38. The Labute approximate surface area is 131 Å². The van der Waals surface area contributed by atoms with Gasteiger partial charge in [0.05, 0.1) is 18.6 Å². The first-order valence-electron chi connectivity index (χ1n) is 7.80. The van der Waals surface area contributed by atoms with Crippen LogP contribution in [0.5, 0.6) is 11.5 Å². The second kappa shape index (κ2) is 6.46. The molecule has 2 aliphatic heterocycles. The lowest BCUT2D eigenvalue weighted by Crippen LogP contribution is -2.45. The highest BCUT2D eigenvalue weighted by Gasteiger charge is 2.35. The van der Waals surface area contributed by atoms with Crippen molar-refractivity contribution in [2.75, 3.05) is 31.7 Å². The second-order valence-corrected chi connectivity index (χ2v) is 8.35. The van der Waals surface area contributed by atoms with Gasteiger partial charge in [-0.2, -0.15) is 0 Å². The van der Waals surface area contributed by atoms with Gasteiger partial charge in [0, 0.05) is 0 Å². The first kappa shape index (κ1) is 15.6. The molecule has 1 aromatic rings. The van der Waals surface area contributed by atoms with Crippen molar-refractivity contribution in [2.24, 2.45) is 5.92 Å². The highest BCUT2D eigenvalue weighted by atomic mass is 32.2. The number of ether oxygens (including phenoxy) is 2. The molecule has 2 fully saturated rings. The molecule has 0 aromatic heterocycles. The van der Waals surface area contributed by atoms with E-state index in [0.29, 0.717) is 11.5 Å². The van der Waals surface area contributed by atoms with E-state index >= 15 is 0 Å². The number of hydrogen-bond donors (Lipinski definition) is 1. The molecule has 5 nitrogen and oxygen atoms in total. The number of hydrogen-bond acceptors (Lipinski definition) is 5. The van der Waals surface area contributed by atoms with Gasteiger partial charge in [0.1, 0.15) is 6.10 Å². The van der Waals surface area contributed by atoms with Crippen molar-refractivity contribution in [3.05, 3.63) is 23.8 Å². The van der Waals surface area contributed by atoms with E-state index in [0.717, 1.165) is 25.4 Å². The lowest BCUT2D eigenvalue weighted by atomic mass is 9.91. The van der Waals surface area contributed by atoms with E-state index < -0.39 is 9.84 Å². The van der Waals surface area contributed by atoms with E-state index in [1.54, 1.807) is 7.11 Å². The number of benzene rings is 1. The van der Waals surface area contributed by atoms with E-state index in [9.17, 15) is 8.42 Å². The Morgan fingerprint density at radius 1 is 1.18 bits per heavy atom. The molecular formula is C16H23NO4S. The zero-order valence-electron chi connectivity index (χ0n) is 12.9. The predicted octanol–water partition coefficient (Wildman–Crippen LogP) is 1.41. The first-order valence-corrected chi connectivity index (χ1v) is 9.62. The number of sulfone groups is 1. The average Bonchev–Trinajstić information content (AvgIpc) is 2.48. The van der Waals surface area contributed by atoms with Gasteiger partial charge in [-0.1, -0.05) is 6.07 Å². The summed E-state index contributed by atoms with van der Waals surface area (Å²) < 4.78 is 33.6. The Hall–Kier alpha value is -1.27. The van der Waals surface area contributed by atoms with Crippen LogP contribution in [0.2, 0.25) is 0 Å². The largest absolute Gasteiger partial charge is 0.493 e. The minimum absolute atomic E-state index is 0.104. The van der Waals surface area contributed by atoms with Gasteiger partial charge in [0.2, 0.25) is 0 Å². The van der Waals surface area contributed by atoms with Crippen molar-refractivity contribution < 1.29 is 17.9 Å². The van der Waals surface area contributed by atoms with Gasteiger partial charge in [-0.05, 0) is 56.0 Å². The van der Waals surface area contributed by atoms with E-state index in [1.807, 2.05) is 12.1 Å². The third kappa shape index (κ3) is 3.73. The Balaban J connectivity index is 1.65. The molecule has 2 saturated heterocycles. The third-order valence-corrected chi connectivity index (χ3v) is 6.14. The minimum Gasteiger partial charge on any atom is -0.493 e. The van der Waals surface area contributed by atoms with Crippen molar-refractivity contribution in [2.45, 2.75) is 25.4 Å². The van der Waals surface area contributed by atoms with Crippen molar-refractivity contribution in [3.63, 3.8) is 0 Å². The Morgan fingerprint density at radius 2 is 1.91 bits per heavy atom. The second-order valence-electron chi connectivity index (χ2n) is 6.20. The zero-order chi connectivity index (χ0) is 15.6. The summed E-state index contributed by atoms with van der Waals surface area (Å²) in [4.78, 5) is 0. The maximum absolute atomic E-state index is 11.2. The lowest BCUT2D eigenvalue weighted by molar-refractivity contribution is 0.219. The van der Waals surface area contributed by atoms with Gasteiger partial charge < -0.3 is 14.8 Å². The minimum atomic E-state index is -2.87.